The van der Waals surface area contributed by atoms with Crippen LogP contribution < -0.4 is 5.14 Å². The Hall–Kier alpha value is -0.0000000000000000278. The van der Waals surface area contributed by atoms with Gasteiger partial charge < -0.3 is 10.0 Å². The van der Waals surface area contributed by atoms with Gasteiger partial charge in [0, 0.05) is 18.8 Å². The van der Waals surface area contributed by atoms with Crippen molar-refractivity contribution in [3.63, 3.8) is 0 Å². The lowest BCUT2D eigenvalue weighted by Crippen LogP contribution is -2.17. The molecule has 0 heterocycles. The van der Waals surface area contributed by atoms with E-state index in [1.807, 2.05) is 0 Å². The molecule has 5 heteroatoms. The molecule has 0 aromatic heterocycles. The topological polar surface area (TPSA) is 49.5 Å². The molecule has 0 atom stereocenters. The number of aliphatic hydroxyl groups is 1. The van der Waals surface area contributed by atoms with E-state index in [0.717, 1.165) is 0 Å². The molecule has 0 unspecified atom stereocenters. The molecule has 0 bridgehead atoms. The molecule has 0 aliphatic rings. The molecular weight excluding hydrogens is 192 g/mol. The second kappa shape index (κ2) is 6.51. The van der Waals surface area contributed by atoms with Gasteiger partial charge in [0.05, 0.1) is 0 Å². The van der Waals surface area contributed by atoms with Crippen LogP contribution in [0.4, 0.5) is 0 Å². The highest BCUT2D eigenvalue weighted by Gasteiger charge is 2.05. The normalized spacial score (nSPS) is 9.83. The second-order valence-electron chi connectivity index (χ2n) is 3.41. The molecule has 0 aromatic carbocycles. The first-order chi connectivity index (χ1) is 5.20. The van der Waals surface area contributed by atoms with Gasteiger partial charge in [0.2, 0.25) is 0 Å². The Morgan fingerprint density at radius 2 is 1.58 bits per heavy atom. The van der Waals surface area contributed by atoms with Crippen LogP contribution in [0.1, 0.15) is 20.8 Å². The number of thiocarbonyl (C=S) groups is 1. The molecule has 0 aromatic rings. The summed E-state index contributed by atoms with van der Waals surface area (Å²) in [5.41, 5.74) is 0. The van der Waals surface area contributed by atoms with Gasteiger partial charge in [-0.3, -0.25) is 5.14 Å². The Morgan fingerprint density at radius 1 is 1.42 bits per heavy atom. The molecule has 0 aliphatic carbocycles. The van der Waals surface area contributed by atoms with Crippen LogP contribution in [0.25, 0.3) is 0 Å². The average molecular weight is 210 g/mol. The van der Waals surface area contributed by atoms with Crippen LogP contribution in [-0.4, -0.2) is 34.0 Å². The first-order valence-corrected chi connectivity index (χ1v) is 4.77. The van der Waals surface area contributed by atoms with Gasteiger partial charge in [-0.2, -0.15) is 0 Å². The molecule has 12 heavy (non-hydrogen) atoms. The standard InChI is InChI=1S/C4H11NS.C3H7NOS/c1-4(2,3)6-5;1-4(2)3(5)6/h5H2,1-3H3;1-2H3,(H,5,6). The molecule has 0 rings (SSSR count). The van der Waals surface area contributed by atoms with Crippen LogP contribution in [-0.2, 0) is 0 Å². The fraction of sp³-hybridized carbons (Fsp3) is 0.857. The van der Waals surface area contributed by atoms with Gasteiger partial charge in [-0.1, -0.05) is 11.9 Å². The Morgan fingerprint density at radius 3 is 1.58 bits per heavy atom. The van der Waals surface area contributed by atoms with Crippen LogP contribution >= 0.6 is 24.2 Å². The Kier molecular flexibility index (Phi) is 7.88. The molecule has 3 nitrogen and oxygen atoms in total. The number of nitrogens with two attached hydrogens (primary N) is 1. The van der Waals surface area contributed by atoms with Crippen molar-refractivity contribution in [2.75, 3.05) is 14.1 Å². The fourth-order valence-electron chi connectivity index (χ4n) is 0. The van der Waals surface area contributed by atoms with E-state index in [1.165, 1.54) is 16.8 Å². The van der Waals surface area contributed by atoms with Crippen molar-refractivity contribution in [1.29, 1.82) is 0 Å². The van der Waals surface area contributed by atoms with Crippen molar-refractivity contribution in [3.05, 3.63) is 0 Å². The molecule has 0 saturated heterocycles. The minimum atomic E-state index is -0.0741. The van der Waals surface area contributed by atoms with Gasteiger partial charge >= 0.3 is 0 Å². The van der Waals surface area contributed by atoms with Crippen LogP contribution in [0.2, 0.25) is 0 Å². The van der Waals surface area contributed by atoms with Gasteiger partial charge in [0.1, 0.15) is 0 Å². The minimum absolute atomic E-state index is 0.0741. The zero-order chi connectivity index (χ0) is 10.4. The summed E-state index contributed by atoms with van der Waals surface area (Å²) in [4.78, 5) is 1.45. The minimum Gasteiger partial charge on any atom is -0.487 e. The summed E-state index contributed by atoms with van der Waals surface area (Å²) < 4.78 is 0.236. The SMILES string of the molecule is CC(C)(C)SN.CN(C)C(O)=S. The largest absolute Gasteiger partial charge is 0.487 e. The zero-order valence-electron chi connectivity index (χ0n) is 8.29. The maximum Gasteiger partial charge on any atom is 0.256 e. The van der Waals surface area contributed by atoms with Crippen molar-refractivity contribution in [2.24, 2.45) is 5.14 Å². The lowest BCUT2D eigenvalue weighted by Gasteiger charge is -2.11. The van der Waals surface area contributed by atoms with E-state index in [1.54, 1.807) is 14.1 Å². The predicted octanol–water partition coefficient (Wildman–Crippen LogP) is 1.78. The third-order valence-corrected chi connectivity index (χ3v) is 1.81. The summed E-state index contributed by atoms with van der Waals surface area (Å²) in [5.74, 6) is 0. The first-order valence-electron chi connectivity index (χ1n) is 3.49. The van der Waals surface area contributed by atoms with E-state index in [-0.39, 0.29) is 9.92 Å². The smallest absolute Gasteiger partial charge is 0.256 e. The summed E-state index contributed by atoms with van der Waals surface area (Å²) in [6, 6.07) is 0. The van der Waals surface area contributed by atoms with E-state index in [2.05, 4.69) is 33.0 Å². The fourth-order valence-corrected chi connectivity index (χ4v) is 0. The van der Waals surface area contributed by atoms with Crippen molar-refractivity contribution in [3.8, 4) is 0 Å². The third-order valence-electron chi connectivity index (χ3n) is 0.736. The van der Waals surface area contributed by atoms with Crippen molar-refractivity contribution in [2.45, 2.75) is 25.5 Å². The number of rotatable bonds is 0. The van der Waals surface area contributed by atoms with Crippen LogP contribution in [0.3, 0.4) is 0 Å². The van der Waals surface area contributed by atoms with Crippen LogP contribution in [0.5, 0.6) is 0 Å². The molecule has 3 N–H and O–H groups in total. The summed E-state index contributed by atoms with van der Waals surface area (Å²) in [6.07, 6.45) is 0. The molecule has 0 spiro atoms. The van der Waals surface area contributed by atoms with Crippen LogP contribution in [0, 0.1) is 0 Å². The molecule has 0 radical (unpaired) electrons. The maximum atomic E-state index is 8.29. The van der Waals surface area contributed by atoms with E-state index in [0.29, 0.717) is 0 Å². The van der Waals surface area contributed by atoms with E-state index < -0.39 is 0 Å². The number of nitrogens with zero attached hydrogens (tertiary/aromatic N) is 1. The van der Waals surface area contributed by atoms with Gasteiger partial charge in [0.25, 0.3) is 5.17 Å². The quantitative estimate of drug-likeness (QED) is 0.471. The molecule has 0 saturated carbocycles. The van der Waals surface area contributed by atoms with E-state index >= 15 is 0 Å². The highest BCUT2D eigenvalue weighted by Crippen LogP contribution is 2.15. The van der Waals surface area contributed by atoms with E-state index in [9.17, 15) is 0 Å². The Labute approximate surface area is 84.4 Å². The maximum absolute atomic E-state index is 8.29. The zero-order valence-corrected chi connectivity index (χ0v) is 9.92. The summed E-state index contributed by atoms with van der Waals surface area (Å²) >= 11 is 5.68. The van der Waals surface area contributed by atoms with Gasteiger partial charge in [0.15, 0.2) is 0 Å². The monoisotopic (exact) mass is 210 g/mol. The molecular formula is C7H18N2OS2. The van der Waals surface area contributed by atoms with Gasteiger partial charge in [-0.05, 0) is 33.0 Å². The van der Waals surface area contributed by atoms with Crippen molar-refractivity contribution in [1.82, 2.24) is 4.90 Å². The third kappa shape index (κ3) is 16.5. The van der Waals surface area contributed by atoms with Crippen molar-refractivity contribution >= 4 is 29.3 Å². The van der Waals surface area contributed by atoms with Crippen LogP contribution in [0.15, 0.2) is 0 Å². The van der Waals surface area contributed by atoms with E-state index in [4.69, 9.17) is 10.2 Å². The summed E-state index contributed by atoms with van der Waals surface area (Å²) in [5, 5.41) is 13.4. The molecule has 0 fully saturated rings. The Bertz CT molecular complexity index is 132. The molecule has 0 aliphatic heterocycles. The highest BCUT2D eigenvalue weighted by molar-refractivity contribution is 7.98. The van der Waals surface area contributed by atoms with Gasteiger partial charge in [-0.15, -0.1) is 0 Å². The highest BCUT2D eigenvalue weighted by atomic mass is 32.2. The van der Waals surface area contributed by atoms with Crippen molar-refractivity contribution < 1.29 is 5.11 Å². The molecule has 74 valence electrons. The first kappa shape index (κ1) is 14.5. The average Bonchev–Trinajstić information content (AvgIpc) is 1.87. The summed E-state index contributed by atoms with van der Waals surface area (Å²) in [7, 11) is 3.37. The molecule has 0 amide bonds. The number of aliphatic hydroxyl groups excluding tert-OH is 1. The van der Waals surface area contributed by atoms with Gasteiger partial charge in [-0.25, -0.2) is 0 Å². The predicted molar refractivity (Wildman–Crippen MR) is 60.4 cm³/mol. The lowest BCUT2D eigenvalue weighted by molar-refractivity contribution is 0.442. The lowest BCUT2D eigenvalue weighted by atomic mass is 10.3. The number of hydrogen-bond donors (Lipinski definition) is 2. The number of hydrogen-bond acceptors (Lipinski definition) is 3. The Balaban J connectivity index is 0. The second-order valence-corrected chi connectivity index (χ2v) is 5.23. The summed E-state index contributed by atoms with van der Waals surface area (Å²) in [6.45, 7) is 6.24.